The Hall–Kier alpha value is 0.407. The first-order valence-electron chi connectivity index (χ1n) is 7.68. The molecule has 0 saturated heterocycles. The predicted octanol–water partition coefficient (Wildman–Crippen LogP) is 3.29. The largest absolute Gasteiger partial charge is 0.500 e. The van der Waals surface area contributed by atoms with Crippen LogP contribution in [0.2, 0.25) is 6.04 Å². The molecule has 0 saturated carbocycles. The molecule has 0 spiro atoms. The first-order chi connectivity index (χ1) is 9.74. The van der Waals surface area contributed by atoms with Crippen molar-refractivity contribution in [2.75, 3.05) is 39.4 Å². The van der Waals surface area contributed by atoms with Crippen LogP contribution < -0.4 is 5.73 Å². The van der Waals surface area contributed by atoms with E-state index in [9.17, 15) is 0 Å². The maximum absolute atomic E-state index is 5.46. The Balaban J connectivity index is 3.32. The zero-order valence-corrected chi connectivity index (χ0v) is 15.3. The highest BCUT2D eigenvalue weighted by molar-refractivity contribution is 7.99. The van der Waals surface area contributed by atoms with E-state index >= 15 is 0 Å². The van der Waals surface area contributed by atoms with Crippen molar-refractivity contribution in [2.24, 2.45) is 5.73 Å². The van der Waals surface area contributed by atoms with E-state index in [4.69, 9.17) is 19.0 Å². The molecular formula is C14H33NO3SSi. The molecule has 0 aliphatic carbocycles. The number of nitrogens with two attached hydrogens (primary N) is 1. The molecule has 0 fully saturated rings. The van der Waals surface area contributed by atoms with Crippen LogP contribution in [0.4, 0.5) is 0 Å². The second-order valence-electron chi connectivity index (χ2n) is 4.92. The second-order valence-corrected chi connectivity index (χ2v) is 9.24. The second kappa shape index (κ2) is 14.3. The lowest BCUT2D eigenvalue weighted by atomic mass is 10.1. The van der Waals surface area contributed by atoms with Gasteiger partial charge in [-0.05, 0) is 37.3 Å². The van der Waals surface area contributed by atoms with Gasteiger partial charge in [-0.3, -0.25) is 0 Å². The van der Waals surface area contributed by atoms with Crippen LogP contribution in [0.3, 0.4) is 0 Å². The van der Waals surface area contributed by atoms with Gasteiger partial charge in [-0.25, -0.2) is 0 Å². The van der Waals surface area contributed by atoms with Gasteiger partial charge in [0.1, 0.15) is 0 Å². The van der Waals surface area contributed by atoms with Crippen LogP contribution in [0.25, 0.3) is 0 Å². The van der Waals surface area contributed by atoms with Gasteiger partial charge >= 0.3 is 8.80 Å². The van der Waals surface area contributed by atoms with Crippen molar-refractivity contribution in [3.05, 3.63) is 0 Å². The number of unbranched alkanes of at least 4 members (excludes halogenated alkanes) is 5. The molecule has 0 atom stereocenters. The molecule has 0 radical (unpaired) electrons. The van der Waals surface area contributed by atoms with Gasteiger partial charge < -0.3 is 19.0 Å². The van der Waals surface area contributed by atoms with E-state index in [0.717, 1.165) is 25.4 Å². The van der Waals surface area contributed by atoms with Crippen LogP contribution in [0.1, 0.15) is 44.9 Å². The molecule has 2 N–H and O–H groups in total. The summed E-state index contributed by atoms with van der Waals surface area (Å²) >= 11 is 2.03. The first kappa shape index (κ1) is 20.4. The summed E-state index contributed by atoms with van der Waals surface area (Å²) in [6.45, 7) is 0.822. The lowest BCUT2D eigenvalue weighted by molar-refractivity contribution is 0.122. The van der Waals surface area contributed by atoms with E-state index in [-0.39, 0.29) is 0 Å². The summed E-state index contributed by atoms with van der Waals surface area (Å²) in [5.74, 6) is 2.50. The minimum absolute atomic E-state index is 0.822. The average Bonchev–Trinajstić information content (AvgIpc) is 2.49. The maximum Gasteiger partial charge on any atom is 0.500 e. The van der Waals surface area contributed by atoms with Gasteiger partial charge in [0.05, 0.1) is 0 Å². The molecule has 4 nitrogen and oxygen atoms in total. The molecule has 122 valence electrons. The Kier molecular flexibility index (Phi) is 14.6. The summed E-state index contributed by atoms with van der Waals surface area (Å²) in [5.41, 5.74) is 5.46. The SMILES string of the molecule is CO[Si](CCCCCCCCSCCCN)(OC)OC. The average molecular weight is 324 g/mol. The summed E-state index contributed by atoms with van der Waals surface area (Å²) in [5, 5.41) is 0. The van der Waals surface area contributed by atoms with Crippen molar-refractivity contribution >= 4 is 20.6 Å². The number of rotatable bonds is 15. The van der Waals surface area contributed by atoms with Gasteiger partial charge in [0, 0.05) is 27.4 Å². The molecule has 20 heavy (non-hydrogen) atoms. The maximum atomic E-state index is 5.46. The molecule has 0 unspecified atom stereocenters. The summed E-state index contributed by atoms with van der Waals surface area (Å²) in [4.78, 5) is 0. The molecule has 0 aromatic carbocycles. The third-order valence-corrected chi connectivity index (χ3v) is 7.43. The van der Waals surface area contributed by atoms with Gasteiger partial charge in [-0.15, -0.1) is 0 Å². The number of hydrogen-bond acceptors (Lipinski definition) is 5. The summed E-state index contributed by atoms with van der Waals surface area (Å²) in [6, 6.07) is 0.922. The summed E-state index contributed by atoms with van der Waals surface area (Å²) in [6.07, 6.45) is 8.83. The lowest BCUT2D eigenvalue weighted by Gasteiger charge is -2.24. The zero-order chi connectivity index (χ0) is 15.1. The van der Waals surface area contributed by atoms with Gasteiger partial charge in [0.15, 0.2) is 0 Å². The fourth-order valence-corrected chi connectivity index (χ4v) is 4.87. The Morgan fingerprint density at radius 2 is 1.25 bits per heavy atom. The molecule has 0 aliphatic heterocycles. The summed E-state index contributed by atoms with van der Waals surface area (Å²) in [7, 11) is 2.72. The van der Waals surface area contributed by atoms with E-state index in [0.29, 0.717) is 0 Å². The van der Waals surface area contributed by atoms with Gasteiger partial charge in [-0.2, -0.15) is 11.8 Å². The quantitative estimate of drug-likeness (QED) is 0.370. The summed E-state index contributed by atoms with van der Waals surface area (Å²) < 4.78 is 16.2. The van der Waals surface area contributed by atoms with Crippen molar-refractivity contribution in [3.63, 3.8) is 0 Å². The molecular weight excluding hydrogens is 290 g/mol. The third-order valence-electron chi connectivity index (χ3n) is 3.45. The highest BCUT2D eigenvalue weighted by Gasteiger charge is 2.36. The fourth-order valence-electron chi connectivity index (χ4n) is 2.10. The van der Waals surface area contributed by atoms with Gasteiger partial charge in [0.2, 0.25) is 0 Å². The van der Waals surface area contributed by atoms with Crippen LogP contribution in [-0.2, 0) is 13.3 Å². The van der Waals surface area contributed by atoms with Gasteiger partial charge in [0.25, 0.3) is 0 Å². The van der Waals surface area contributed by atoms with Gasteiger partial charge in [-0.1, -0.05) is 25.7 Å². The third kappa shape index (κ3) is 10.2. The van der Waals surface area contributed by atoms with E-state index in [2.05, 4.69) is 0 Å². The lowest BCUT2D eigenvalue weighted by Crippen LogP contribution is -2.42. The van der Waals surface area contributed by atoms with Crippen molar-refractivity contribution in [1.29, 1.82) is 0 Å². The molecule has 0 amide bonds. The Morgan fingerprint density at radius 1 is 0.750 bits per heavy atom. The fraction of sp³-hybridized carbons (Fsp3) is 1.00. The van der Waals surface area contributed by atoms with Crippen molar-refractivity contribution < 1.29 is 13.3 Å². The van der Waals surface area contributed by atoms with Crippen LogP contribution in [0, 0.1) is 0 Å². The highest BCUT2D eigenvalue weighted by atomic mass is 32.2. The van der Waals surface area contributed by atoms with Crippen molar-refractivity contribution in [2.45, 2.75) is 51.0 Å². The van der Waals surface area contributed by atoms with Crippen molar-refractivity contribution in [3.8, 4) is 0 Å². The molecule has 0 aromatic heterocycles. The molecule has 6 heteroatoms. The van der Waals surface area contributed by atoms with E-state index in [1.165, 1.54) is 43.6 Å². The Labute approximate surface area is 130 Å². The Morgan fingerprint density at radius 3 is 1.80 bits per heavy atom. The molecule has 0 aliphatic rings. The minimum Gasteiger partial charge on any atom is -0.377 e. The number of hydrogen-bond donors (Lipinski definition) is 1. The van der Waals surface area contributed by atoms with E-state index < -0.39 is 8.80 Å². The first-order valence-corrected chi connectivity index (χ1v) is 10.8. The molecule has 0 rings (SSSR count). The normalized spacial score (nSPS) is 12.0. The topological polar surface area (TPSA) is 53.7 Å². The van der Waals surface area contributed by atoms with E-state index in [1.54, 1.807) is 21.3 Å². The predicted molar refractivity (Wildman–Crippen MR) is 90.3 cm³/mol. The highest BCUT2D eigenvalue weighted by Crippen LogP contribution is 2.18. The van der Waals surface area contributed by atoms with Crippen LogP contribution >= 0.6 is 11.8 Å². The minimum atomic E-state index is -2.32. The van der Waals surface area contributed by atoms with Crippen LogP contribution in [0.15, 0.2) is 0 Å². The molecule has 0 heterocycles. The Bertz CT molecular complexity index is 199. The zero-order valence-electron chi connectivity index (χ0n) is 13.5. The smallest absolute Gasteiger partial charge is 0.377 e. The van der Waals surface area contributed by atoms with Crippen LogP contribution in [-0.4, -0.2) is 48.2 Å². The van der Waals surface area contributed by atoms with Crippen molar-refractivity contribution in [1.82, 2.24) is 0 Å². The molecule has 0 bridgehead atoms. The standard InChI is InChI=1S/C14H33NO3SSi/c1-16-20(17-2,18-3)14-9-7-5-4-6-8-12-19-13-10-11-15/h4-15H2,1-3H3. The monoisotopic (exact) mass is 323 g/mol. The number of thioether (sulfide) groups is 1. The molecule has 0 aromatic rings. The van der Waals surface area contributed by atoms with Crippen LogP contribution in [0.5, 0.6) is 0 Å². The van der Waals surface area contributed by atoms with E-state index in [1.807, 2.05) is 11.8 Å².